The number of carbonyl (C=O) groups is 2. The van der Waals surface area contributed by atoms with Crippen molar-refractivity contribution in [2.75, 3.05) is 13.1 Å². The van der Waals surface area contributed by atoms with Crippen LogP contribution in [-0.4, -0.2) is 41.2 Å². The second-order valence-corrected chi connectivity index (χ2v) is 7.53. The molecule has 2 amide bonds. The molecule has 1 spiro atoms. The molecule has 2 heterocycles. The van der Waals surface area contributed by atoms with Gasteiger partial charge in [-0.25, -0.2) is 0 Å². The molecule has 4 rings (SSSR count). The molecule has 0 bridgehead atoms. The Morgan fingerprint density at radius 3 is 2.35 bits per heavy atom. The average molecular weight is 412 g/mol. The van der Waals surface area contributed by atoms with Gasteiger partial charge >= 0.3 is 0 Å². The number of amides is 2. The third-order valence-corrected chi connectivity index (χ3v) is 5.43. The first-order valence-corrected chi connectivity index (χ1v) is 9.38. The van der Waals surface area contributed by atoms with Crippen molar-refractivity contribution in [3.63, 3.8) is 0 Å². The van der Waals surface area contributed by atoms with Crippen molar-refractivity contribution in [1.29, 1.82) is 0 Å². The highest BCUT2D eigenvalue weighted by Gasteiger charge is 2.42. The zero-order valence-electron chi connectivity index (χ0n) is 14.1. The van der Waals surface area contributed by atoms with Crippen LogP contribution in [0.2, 0.25) is 0 Å². The van der Waals surface area contributed by atoms with Crippen LogP contribution in [0.1, 0.15) is 28.8 Å². The first-order chi connectivity index (χ1) is 12.6. The summed E-state index contributed by atoms with van der Waals surface area (Å²) in [5.41, 5.74) is 1.39. The lowest BCUT2D eigenvalue weighted by Crippen LogP contribution is -2.52. The number of halogens is 1. The van der Waals surface area contributed by atoms with Crippen LogP contribution in [0, 0.1) is 0 Å². The number of carbonyl (C=O) groups excluding carboxylic acids is 2. The molecule has 132 valence electrons. The lowest BCUT2D eigenvalue weighted by atomic mass is 9.97. The van der Waals surface area contributed by atoms with Crippen molar-refractivity contribution in [3.8, 4) is 0 Å². The number of likely N-dealkylation sites (tertiary alicyclic amines) is 1. The number of hydrogen-bond acceptors (Lipinski definition) is 3. The summed E-state index contributed by atoms with van der Waals surface area (Å²) in [6.45, 7) is 1.15. The minimum Gasteiger partial charge on any atom is -0.338 e. The molecule has 0 aromatic heterocycles. The zero-order chi connectivity index (χ0) is 18.1. The molecule has 0 atom stereocenters. The monoisotopic (exact) mass is 411 g/mol. The van der Waals surface area contributed by atoms with Gasteiger partial charge in [0.05, 0.1) is 0 Å². The smallest absolute Gasteiger partial charge is 0.272 e. The van der Waals surface area contributed by atoms with E-state index >= 15 is 0 Å². The molecule has 2 aliphatic rings. The average Bonchev–Trinajstić information content (AvgIpc) is 2.99. The fourth-order valence-electron chi connectivity index (χ4n) is 3.45. The lowest BCUT2D eigenvalue weighted by molar-refractivity contribution is -0.115. The SMILES string of the molecule is O=C1NC2(CCN(C(=O)c3ccccc3)CC2)N=C1c1ccc(Br)cc1. The summed E-state index contributed by atoms with van der Waals surface area (Å²) >= 11 is 3.40. The predicted octanol–water partition coefficient (Wildman–Crippen LogP) is 3.00. The maximum Gasteiger partial charge on any atom is 0.272 e. The molecule has 2 aromatic carbocycles. The Labute approximate surface area is 160 Å². The Balaban J connectivity index is 1.49. The second-order valence-electron chi connectivity index (χ2n) is 6.61. The van der Waals surface area contributed by atoms with Crippen LogP contribution < -0.4 is 5.32 Å². The van der Waals surface area contributed by atoms with Gasteiger partial charge < -0.3 is 10.2 Å². The predicted molar refractivity (Wildman–Crippen MR) is 103 cm³/mol. The molecule has 0 saturated carbocycles. The van der Waals surface area contributed by atoms with E-state index < -0.39 is 5.66 Å². The van der Waals surface area contributed by atoms with Gasteiger partial charge in [-0.2, -0.15) is 0 Å². The first kappa shape index (κ1) is 17.0. The van der Waals surface area contributed by atoms with Crippen molar-refractivity contribution in [2.45, 2.75) is 18.5 Å². The molecule has 0 aliphatic carbocycles. The molecule has 1 fully saturated rings. The van der Waals surface area contributed by atoms with E-state index in [9.17, 15) is 9.59 Å². The number of aliphatic imine (C=N–C) groups is 1. The summed E-state index contributed by atoms with van der Waals surface area (Å²) in [6.07, 6.45) is 1.24. The minimum atomic E-state index is -0.590. The summed E-state index contributed by atoms with van der Waals surface area (Å²) < 4.78 is 0.961. The van der Waals surface area contributed by atoms with E-state index in [1.54, 1.807) is 0 Å². The van der Waals surface area contributed by atoms with Gasteiger partial charge in [-0.05, 0) is 24.3 Å². The van der Waals surface area contributed by atoms with Gasteiger partial charge in [0.25, 0.3) is 11.8 Å². The molecular weight excluding hydrogens is 394 g/mol. The van der Waals surface area contributed by atoms with Crippen LogP contribution in [0.25, 0.3) is 0 Å². The van der Waals surface area contributed by atoms with Crippen molar-refractivity contribution in [3.05, 3.63) is 70.2 Å². The van der Waals surface area contributed by atoms with Gasteiger partial charge in [0.2, 0.25) is 0 Å². The molecule has 26 heavy (non-hydrogen) atoms. The van der Waals surface area contributed by atoms with Gasteiger partial charge in [-0.1, -0.05) is 46.3 Å². The van der Waals surface area contributed by atoms with Gasteiger partial charge in [0.15, 0.2) is 0 Å². The lowest BCUT2D eigenvalue weighted by Gasteiger charge is -2.37. The van der Waals surface area contributed by atoms with E-state index in [0.29, 0.717) is 37.2 Å². The highest BCUT2D eigenvalue weighted by molar-refractivity contribution is 9.10. The Kier molecular flexibility index (Phi) is 4.36. The van der Waals surface area contributed by atoms with E-state index in [0.717, 1.165) is 10.0 Å². The summed E-state index contributed by atoms with van der Waals surface area (Å²) in [6, 6.07) is 16.9. The Morgan fingerprint density at radius 2 is 1.69 bits per heavy atom. The summed E-state index contributed by atoms with van der Waals surface area (Å²) in [5.74, 6) is -0.114. The van der Waals surface area contributed by atoms with Crippen LogP contribution >= 0.6 is 15.9 Å². The van der Waals surface area contributed by atoms with E-state index in [4.69, 9.17) is 4.99 Å². The Hall–Kier alpha value is -2.47. The summed E-state index contributed by atoms with van der Waals surface area (Å²) in [7, 11) is 0. The number of benzene rings is 2. The fourth-order valence-corrected chi connectivity index (χ4v) is 3.71. The van der Waals surface area contributed by atoms with E-state index in [2.05, 4.69) is 21.2 Å². The number of nitrogens with one attached hydrogen (secondary N) is 1. The van der Waals surface area contributed by atoms with Gasteiger partial charge in [-0.15, -0.1) is 0 Å². The fraction of sp³-hybridized carbons (Fsp3) is 0.250. The second kappa shape index (κ2) is 6.68. The van der Waals surface area contributed by atoms with Crippen LogP contribution in [-0.2, 0) is 4.79 Å². The molecule has 1 N–H and O–H groups in total. The maximum absolute atomic E-state index is 12.6. The van der Waals surface area contributed by atoms with Gasteiger partial charge in [0.1, 0.15) is 11.4 Å². The number of nitrogens with zero attached hydrogens (tertiary/aromatic N) is 2. The molecule has 5 nitrogen and oxygen atoms in total. The van der Waals surface area contributed by atoms with E-state index in [-0.39, 0.29) is 11.8 Å². The normalized spacial score (nSPS) is 18.6. The molecular formula is C20H18BrN3O2. The molecule has 0 radical (unpaired) electrons. The summed E-state index contributed by atoms with van der Waals surface area (Å²) in [4.78, 5) is 31.6. The highest BCUT2D eigenvalue weighted by atomic mass is 79.9. The highest BCUT2D eigenvalue weighted by Crippen LogP contribution is 2.29. The van der Waals surface area contributed by atoms with Gasteiger partial charge in [-0.3, -0.25) is 14.6 Å². The van der Waals surface area contributed by atoms with Crippen molar-refractivity contribution >= 4 is 33.5 Å². The van der Waals surface area contributed by atoms with Crippen LogP contribution in [0.3, 0.4) is 0 Å². The zero-order valence-corrected chi connectivity index (χ0v) is 15.7. The molecule has 2 aliphatic heterocycles. The van der Waals surface area contributed by atoms with Crippen LogP contribution in [0.5, 0.6) is 0 Å². The van der Waals surface area contributed by atoms with Crippen LogP contribution in [0.15, 0.2) is 64.1 Å². The molecule has 1 saturated heterocycles. The topological polar surface area (TPSA) is 61.8 Å². The van der Waals surface area contributed by atoms with E-state index in [1.165, 1.54) is 0 Å². The first-order valence-electron chi connectivity index (χ1n) is 8.59. The van der Waals surface area contributed by atoms with Gasteiger partial charge in [0, 0.05) is 41.5 Å². The van der Waals surface area contributed by atoms with Crippen LogP contribution in [0.4, 0.5) is 0 Å². The molecule has 2 aromatic rings. The number of hydrogen-bond donors (Lipinski definition) is 1. The summed E-state index contributed by atoms with van der Waals surface area (Å²) in [5, 5.41) is 3.04. The third-order valence-electron chi connectivity index (χ3n) is 4.90. The Morgan fingerprint density at radius 1 is 1.04 bits per heavy atom. The van der Waals surface area contributed by atoms with Crippen molar-refractivity contribution < 1.29 is 9.59 Å². The maximum atomic E-state index is 12.6. The third kappa shape index (κ3) is 3.17. The largest absolute Gasteiger partial charge is 0.338 e. The Bertz CT molecular complexity index is 870. The number of rotatable bonds is 2. The quantitative estimate of drug-likeness (QED) is 0.825. The van der Waals surface area contributed by atoms with Crippen molar-refractivity contribution in [1.82, 2.24) is 10.2 Å². The van der Waals surface area contributed by atoms with Crippen molar-refractivity contribution in [2.24, 2.45) is 4.99 Å². The van der Waals surface area contributed by atoms with E-state index in [1.807, 2.05) is 59.5 Å². The minimum absolute atomic E-state index is 0.0295. The number of piperidine rings is 1. The standard InChI is InChI=1S/C20H18BrN3O2/c21-16-8-6-14(7-9-16)17-18(25)23-20(22-17)10-12-24(13-11-20)19(26)15-4-2-1-3-5-15/h1-9H,10-13H2,(H,23,25). The molecule has 6 heteroatoms. The molecule has 0 unspecified atom stereocenters.